The Morgan fingerprint density at radius 3 is 2.89 bits per heavy atom. The van der Waals surface area contributed by atoms with Crippen LogP contribution in [0.5, 0.6) is 0 Å². The van der Waals surface area contributed by atoms with Gasteiger partial charge in [-0.3, -0.25) is 4.79 Å². The Bertz CT molecular complexity index is 575. The van der Waals surface area contributed by atoms with E-state index in [1.165, 1.54) is 18.7 Å². The number of rotatable bonds is 4. The molecule has 1 aliphatic rings. The normalized spacial score (nSPS) is 14.7. The molecule has 1 aliphatic carbocycles. The zero-order valence-corrected chi connectivity index (χ0v) is 10.6. The van der Waals surface area contributed by atoms with Crippen LogP contribution in [0.4, 0.5) is 0 Å². The predicted octanol–water partition coefficient (Wildman–Crippen LogP) is 1.76. The van der Waals surface area contributed by atoms with Crippen molar-refractivity contribution in [3.63, 3.8) is 0 Å². The van der Waals surface area contributed by atoms with Crippen molar-refractivity contribution in [3.8, 4) is 0 Å². The summed E-state index contributed by atoms with van der Waals surface area (Å²) in [6, 6.07) is 4.02. The summed E-state index contributed by atoms with van der Waals surface area (Å²) in [5.41, 5.74) is 0.612. The van der Waals surface area contributed by atoms with Crippen LogP contribution < -0.4 is 0 Å². The van der Waals surface area contributed by atoms with Gasteiger partial charge < -0.3 is 0 Å². The first-order valence-corrected chi connectivity index (χ1v) is 6.48. The van der Waals surface area contributed by atoms with Gasteiger partial charge in [0.1, 0.15) is 5.03 Å². The molecular weight excluding hydrogens is 250 g/mol. The van der Waals surface area contributed by atoms with E-state index in [0.717, 1.165) is 23.0 Å². The van der Waals surface area contributed by atoms with Crippen LogP contribution in [-0.4, -0.2) is 31.0 Å². The van der Waals surface area contributed by atoms with Crippen LogP contribution in [0, 0.1) is 0 Å². The predicted molar refractivity (Wildman–Crippen MR) is 64.5 cm³/mol. The highest BCUT2D eigenvalue weighted by molar-refractivity contribution is 7.99. The summed E-state index contributed by atoms with van der Waals surface area (Å²) in [5.74, 6) is 0.0156. The van der Waals surface area contributed by atoms with Crippen molar-refractivity contribution < 1.29 is 4.79 Å². The molecule has 0 bridgehead atoms. The number of pyridine rings is 1. The van der Waals surface area contributed by atoms with Gasteiger partial charge in [-0.1, -0.05) is 0 Å². The highest BCUT2D eigenvalue weighted by Crippen LogP contribution is 2.37. The Balaban J connectivity index is 1.79. The van der Waals surface area contributed by atoms with Gasteiger partial charge in [-0.25, -0.2) is 9.67 Å². The van der Waals surface area contributed by atoms with Crippen molar-refractivity contribution in [3.05, 3.63) is 23.9 Å². The van der Waals surface area contributed by atoms with Crippen molar-refractivity contribution in [1.82, 2.24) is 25.2 Å². The van der Waals surface area contributed by atoms with Gasteiger partial charge in [-0.15, -0.1) is 5.10 Å². The molecule has 92 valence electrons. The summed E-state index contributed by atoms with van der Waals surface area (Å²) < 4.78 is 1.84. The molecule has 2 aromatic rings. The largest absolute Gasteiger partial charge is 0.294 e. The zero-order chi connectivity index (χ0) is 12.5. The molecule has 0 N–H and O–H groups in total. The fraction of sp³-hybridized carbons (Fsp3) is 0.364. The van der Waals surface area contributed by atoms with Gasteiger partial charge >= 0.3 is 0 Å². The molecule has 2 heterocycles. The van der Waals surface area contributed by atoms with E-state index < -0.39 is 0 Å². The molecule has 6 nitrogen and oxygen atoms in total. The third-order valence-electron chi connectivity index (χ3n) is 2.69. The first-order chi connectivity index (χ1) is 8.74. The molecule has 0 aliphatic heterocycles. The lowest BCUT2D eigenvalue weighted by Crippen LogP contribution is -1.99. The first kappa shape index (κ1) is 11.3. The minimum atomic E-state index is 0.0156. The molecule has 1 fully saturated rings. The number of carbonyl (C=O) groups is 1. The van der Waals surface area contributed by atoms with Gasteiger partial charge in [0, 0.05) is 11.8 Å². The van der Waals surface area contributed by atoms with Gasteiger partial charge in [0.15, 0.2) is 5.78 Å². The van der Waals surface area contributed by atoms with Crippen molar-refractivity contribution in [2.45, 2.75) is 36.0 Å². The van der Waals surface area contributed by atoms with Gasteiger partial charge in [0.2, 0.25) is 5.16 Å². The Hall–Kier alpha value is -1.76. The third kappa shape index (κ3) is 2.26. The molecular formula is C11H11N5OS. The van der Waals surface area contributed by atoms with Crippen LogP contribution >= 0.6 is 11.8 Å². The molecule has 0 aromatic carbocycles. The molecule has 3 rings (SSSR count). The van der Waals surface area contributed by atoms with E-state index in [1.807, 2.05) is 10.7 Å². The van der Waals surface area contributed by atoms with Crippen molar-refractivity contribution in [1.29, 1.82) is 0 Å². The number of aromatic nitrogens is 5. The Kier molecular flexibility index (Phi) is 2.83. The summed E-state index contributed by atoms with van der Waals surface area (Å²) in [7, 11) is 0. The molecule has 18 heavy (non-hydrogen) atoms. The fourth-order valence-electron chi connectivity index (χ4n) is 1.54. The number of carbonyl (C=O) groups excluding carboxylic acids is 1. The summed E-state index contributed by atoms with van der Waals surface area (Å²) in [6.45, 7) is 1.53. The molecule has 1 saturated carbocycles. The maximum atomic E-state index is 11.1. The quantitative estimate of drug-likeness (QED) is 0.781. The van der Waals surface area contributed by atoms with Crippen molar-refractivity contribution in [2.24, 2.45) is 0 Å². The topological polar surface area (TPSA) is 73.6 Å². The maximum Gasteiger partial charge on any atom is 0.215 e. The standard InChI is InChI=1S/C11H11N5OS/c1-7(17)8-2-5-10(12-6-8)18-11-13-14-15-16(11)9-3-4-9/h2,5-6,9H,3-4H2,1H3. The minimum Gasteiger partial charge on any atom is -0.294 e. The van der Waals surface area contributed by atoms with Gasteiger partial charge in [0.25, 0.3) is 0 Å². The fourth-order valence-corrected chi connectivity index (χ4v) is 2.33. The molecule has 0 saturated heterocycles. The van der Waals surface area contributed by atoms with Crippen LogP contribution in [-0.2, 0) is 0 Å². The van der Waals surface area contributed by atoms with Gasteiger partial charge in [-0.05, 0) is 54.1 Å². The minimum absolute atomic E-state index is 0.0156. The van der Waals surface area contributed by atoms with E-state index in [-0.39, 0.29) is 5.78 Å². The van der Waals surface area contributed by atoms with Gasteiger partial charge in [0.05, 0.1) is 6.04 Å². The number of Topliss-reactive ketones (excluding diaryl/α,β-unsaturated/α-hetero) is 1. The van der Waals surface area contributed by atoms with E-state index in [1.54, 1.807) is 12.3 Å². The van der Waals surface area contributed by atoms with E-state index in [0.29, 0.717) is 11.6 Å². The van der Waals surface area contributed by atoms with Crippen LogP contribution in [0.15, 0.2) is 28.5 Å². The highest BCUT2D eigenvalue weighted by atomic mass is 32.2. The summed E-state index contributed by atoms with van der Waals surface area (Å²) in [6.07, 6.45) is 3.85. The van der Waals surface area contributed by atoms with Gasteiger partial charge in [-0.2, -0.15) is 0 Å². The summed E-state index contributed by atoms with van der Waals surface area (Å²) in [5, 5.41) is 13.2. The summed E-state index contributed by atoms with van der Waals surface area (Å²) in [4.78, 5) is 15.4. The monoisotopic (exact) mass is 261 g/mol. The smallest absolute Gasteiger partial charge is 0.215 e. The second-order valence-electron chi connectivity index (χ2n) is 4.18. The molecule has 0 atom stereocenters. The molecule has 0 radical (unpaired) electrons. The second-order valence-corrected chi connectivity index (χ2v) is 5.17. The van der Waals surface area contributed by atoms with Crippen LogP contribution in [0.25, 0.3) is 0 Å². The Morgan fingerprint density at radius 2 is 2.28 bits per heavy atom. The number of hydrogen-bond acceptors (Lipinski definition) is 6. The third-order valence-corrected chi connectivity index (χ3v) is 3.60. The van der Waals surface area contributed by atoms with Crippen LogP contribution in [0.2, 0.25) is 0 Å². The average molecular weight is 261 g/mol. The lowest BCUT2D eigenvalue weighted by atomic mass is 10.2. The Labute approximate surface area is 108 Å². The lowest BCUT2D eigenvalue weighted by molar-refractivity contribution is 0.101. The average Bonchev–Trinajstić information content (AvgIpc) is 3.11. The van der Waals surface area contributed by atoms with Crippen molar-refractivity contribution >= 4 is 17.5 Å². The number of nitrogens with zero attached hydrogens (tertiary/aromatic N) is 5. The van der Waals surface area contributed by atoms with Crippen molar-refractivity contribution in [2.75, 3.05) is 0 Å². The second kappa shape index (κ2) is 4.49. The molecule has 0 amide bonds. The highest BCUT2D eigenvalue weighted by Gasteiger charge is 2.28. The maximum absolute atomic E-state index is 11.1. The number of hydrogen-bond donors (Lipinski definition) is 0. The van der Waals surface area contributed by atoms with Crippen LogP contribution in [0.3, 0.4) is 0 Å². The van der Waals surface area contributed by atoms with E-state index in [2.05, 4.69) is 20.5 Å². The molecule has 7 heteroatoms. The van der Waals surface area contributed by atoms with E-state index in [4.69, 9.17) is 0 Å². The first-order valence-electron chi connectivity index (χ1n) is 5.67. The van der Waals surface area contributed by atoms with E-state index in [9.17, 15) is 4.79 Å². The number of tetrazole rings is 1. The lowest BCUT2D eigenvalue weighted by Gasteiger charge is -2.01. The van der Waals surface area contributed by atoms with Crippen LogP contribution in [0.1, 0.15) is 36.2 Å². The Morgan fingerprint density at radius 1 is 1.44 bits per heavy atom. The van der Waals surface area contributed by atoms with E-state index >= 15 is 0 Å². The summed E-state index contributed by atoms with van der Waals surface area (Å²) >= 11 is 1.41. The molecule has 0 unspecified atom stereocenters. The number of ketones is 1. The molecule has 0 spiro atoms. The molecule has 2 aromatic heterocycles. The SMILES string of the molecule is CC(=O)c1ccc(Sc2nnnn2C2CC2)nc1. The zero-order valence-electron chi connectivity index (χ0n) is 9.78.